The molecular weight excluding hydrogens is 346 g/mol. The molecule has 1 aliphatic rings. The van der Waals surface area contributed by atoms with Crippen LogP contribution in [0.1, 0.15) is 22.5 Å². The Morgan fingerprint density at radius 1 is 1.31 bits per heavy atom. The minimum Gasteiger partial charge on any atom is -0.487 e. The molecule has 0 saturated carbocycles. The SMILES string of the molecule is O=C(O)c1ccc(OCc2cn[nH]n2)cc1.OCC1OCCC(O)C1O. The number of aliphatic hydroxyl groups is 3. The third kappa shape index (κ3) is 5.77. The zero-order valence-electron chi connectivity index (χ0n) is 13.9. The summed E-state index contributed by atoms with van der Waals surface area (Å²) in [5, 5.41) is 45.3. The second-order valence-electron chi connectivity index (χ2n) is 5.52. The van der Waals surface area contributed by atoms with Crippen molar-refractivity contribution in [3.63, 3.8) is 0 Å². The summed E-state index contributed by atoms with van der Waals surface area (Å²) in [4.78, 5) is 10.6. The zero-order chi connectivity index (χ0) is 18.9. The monoisotopic (exact) mass is 367 g/mol. The van der Waals surface area contributed by atoms with Crippen LogP contribution in [0.15, 0.2) is 30.5 Å². The number of hydrogen-bond donors (Lipinski definition) is 5. The molecule has 3 atom stereocenters. The smallest absolute Gasteiger partial charge is 0.335 e. The van der Waals surface area contributed by atoms with Crippen LogP contribution in [0.3, 0.4) is 0 Å². The van der Waals surface area contributed by atoms with Crippen LogP contribution in [-0.4, -0.2) is 73.3 Å². The highest BCUT2D eigenvalue weighted by atomic mass is 16.5. The van der Waals surface area contributed by atoms with Crippen molar-refractivity contribution in [2.24, 2.45) is 0 Å². The Balaban J connectivity index is 0.000000209. The molecule has 0 amide bonds. The highest BCUT2D eigenvalue weighted by molar-refractivity contribution is 5.87. The van der Waals surface area contributed by atoms with Crippen molar-refractivity contribution in [1.82, 2.24) is 15.4 Å². The Kier molecular flexibility index (Phi) is 7.48. The number of aliphatic hydroxyl groups excluding tert-OH is 3. The first-order chi connectivity index (χ1) is 12.5. The summed E-state index contributed by atoms with van der Waals surface area (Å²) in [6.07, 6.45) is -0.281. The number of aromatic nitrogens is 3. The van der Waals surface area contributed by atoms with Gasteiger partial charge in [0.15, 0.2) is 0 Å². The third-order valence-corrected chi connectivity index (χ3v) is 3.65. The van der Waals surface area contributed by atoms with Crippen molar-refractivity contribution in [3.8, 4) is 5.75 Å². The number of aromatic amines is 1. The number of rotatable bonds is 5. The van der Waals surface area contributed by atoms with Crippen LogP contribution in [-0.2, 0) is 11.3 Å². The Labute approximate surface area is 149 Å². The van der Waals surface area contributed by atoms with Gasteiger partial charge >= 0.3 is 5.97 Å². The van der Waals surface area contributed by atoms with Gasteiger partial charge in [-0.25, -0.2) is 4.79 Å². The number of H-pyrrole nitrogens is 1. The predicted octanol–water partition coefficient (Wildman–Crippen LogP) is -0.429. The number of benzene rings is 1. The molecule has 26 heavy (non-hydrogen) atoms. The van der Waals surface area contributed by atoms with Crippen LogP contribution in [0.25, 0.3) is 0 Å². The first kappa shape index (κ1) is 19.8. The van der Waals surface area contributed by atoms with E-state index in [-0.39, 0.29) is 12.2 Å². The molecule has 0 aliphatic carbocycles. The van der Waals surface area contributed by atoms with Gasteiger partial charge in [0.25, 0.3) is 0 Å². The maximum absolute atomic E-state index is 10.6. The van der Waals surface area contributed by atoms with Crippen molar-refractivity contribution in [1.29, 1.82) is 0 Å². The van der Waals surface area contributed by atoms with E-state index in [1.165, 1.54) is 12.1 Å². The number of nitrogens with zero attached hydrogens (tertiary/aromatic N) is 2. The van der Waals surface area contributed by atoms with Crippen molar-refractivity contribution in [2.45, 2.75) is 31.3 Å². The summed E-state index contributed by atoms with van der Waals surface area (Å²) in [6.45, 7) is 0.463. The number of carboxylic acids is 1. The van der Waals surface area contributed by atoms with Crippen molar-refractivity contribution in [2.75, 3.05) is 13.2 Å². The summed E-state index contributed by atoms with van der Waals surface area (Å²) in [5.74, 6) is -0.365. The van der Waals surface area contributed by atoms with Gasteiger partial charge < -0.3 is 29.9 Å². The average molecular weight is 367 g/mol. The normalized spacial score (nSPS) is 22.2. The third-order valence-electron chi connectivity index (χ3n) is 3.65. The maximum Gasteiger partial charge on any atom is 0.335 e. The van der Waals surface area contributed by atoms with Crippen LogP contribution >= 0.6 is 0 Å². The van der Waals surface area contributed by atoms with Gasteiger partial charge in [0.1, 0.15) is 30.3 Å². The lowest BCUT2D eigenvalue weighted by atomic mass is 10.0. The first-order valence-electron chi connectivity index (χ1n) is 7.90. The molecule has 10 nitrogen and oxygen atoms in total. The predicted molar refractivity (Wildman–Crippen MR) is 87.6 cm³/mol. The molecule has 0 radical (unpaired) electrons. The Morgan fingerprint density at radius 2 is 2.04 bits per heavy atom. The number of nitrogens with one attached hydrogen (secondary N) is 1. The van der Waals surface area contributed by atoms with E-state index in [1.54, 1.807) is 18.3 Å². The molecule has 1 fully saturated rings. The summed E-state index contributed by atoms with van der Waals surface area (Å²) in [5.41, 5.74) is 0.913. The fraction of sp³-hybridized carbons (Fsp3) is 0.438. The van der Waals surface area contributed by atoms with Crippen LogP contribution < -0.4 is 4.74 Å². The van der Waals surface area contributed by atoms with Gasteiger partial charge in [-0.15, -0.1) is 0 Å². The molecule has 0 bridgehead atoms. The molecule has 3 rings (SSSR count). The van der Waals surface area contributed by atoms with Crippen molar-refractivity contribution < 1.29 is 34.7 Å². The van der Waals surface area contributed by atoms with E-state index >= 15 is 0 Å². The first-order valence-corrected chi connectivity index (χ1v) is 7.90. The number of aromatic carboxylic acids is 1. The van der Waals surface area contributed by atoms with E-state index in [4.69, 9.17) is 29.9 Å². The lowest BCUT2D eigenvalue weighted by molar-refractivity contribution is -0.147. The van der Waals surface area contributed by atoms with E-state index < -0.39 is 24.3 Å². The molecule has 3 unspecified atom stereocenters. The number of hydrogen-bond acceptors (Lipinski definition) is 8. The van der Waals surface area contributed by atoms with Crippen LogP contribution in [0, 0.1) is 0 Å². The summed E-state index contributed by atoms with van der Waals surface area (Å²) in [7, 11) is 0. The van der Waals surface area contributed by atoms with Gasteiger partial charge in [-0.05, 0) is 30.7 Å². The number of ether oxygens (including phenoxy) is 2. The summed E-state index contributed by atoms with van der Waals surface area (Å²) in [6, 6.07) is 6.17. The Bertz CT molecular complexity index is 663. The largest absolute Gasteiger partial charge is 0.487 e. The fourth-order valence-corrected chi connectivity index (χ4v) is 2.16. The second-order valence-corrected chi connectivity index (χ2v) is 5.52. The average Bonchev–Trinajstić information content (AvgIpc) is 3.17. The molecule has 2 aromatic rings. The van der Waals surface area contributed by atoms with Crippen LogP contribution in [0.2, 0.25) is 0 Å². The second kappa shape index (κ2) is 9.82. The highest BCUT2D eigenvalue weighted by Crippen LogP contribution is 2.14. The van der Waals surface area contributed by atoms with Gasteiger partial charge in [-0.2, -0.15) is 15.4 Å². The summed E-state index contributed by atoms with van der Waals surface area (Å²) < 4.78 is 10.3. The highest BCUT2D eigenvalue weighted by Gasteiger charge is 2.30. The van der Waals surface area contributed by atoms with E-state index in [0.29, 0.717) is 31.1 Å². The zero-order valence-corrected chi connectivity index (χ0v) is 13.9. The van der Waals surface area contributed by atoms with Crippen LogP contribution in [0.4, 0.5) is 0 Å². The van der Waals surface area contributed by atoms with Gasteiger partial charge in [0, 0.05) is 6.61 Å². The molecule has 10 heteroatoms. The topological polar surface area (TPSA) is 158 Å². The Hall–Kier alpha value is -2.53. The molecule has 0 spiro atoms. The van der Waals surface area contributed by atoms with Crippen molar-refractivity contribution in [3.05, 3.63) is 41.7 Å². The van der Waals surface area contributed by atoms with Crippen molar-refractivity contribution >= 4 is 5.97 Å². The van der Waals surface area contributed by atoms with Gasteiger partial charge in [-0.1, -0.05) is 0 Å². The molecule has 1 aromatic carbocycles. The van der Waals surface area contributed by atoms with E-state index in [1.807, 2.05) is 0 Å². The Morgan fingerprint density at radius 3 is 2.58 bits per heavy atom. The molecule has 142 valence electrons. The molecule has 1 aromatic heterocycles. The lowest BCUT2D eigenvalue weighted by Gasteiger charge is -2.30. The van der Waals surface area contributed by atoms with Gasteiger partial charge in [0.05, 0.1) is 24.5 Å². The number of carbonyl (C=O) groups is 1. The standard InChI is InChI=1S/C10H9N3O3.C6H12O4/c14-10(15)7-1-3-9(4-2-7)16-6-8-5-11-13-12-8;7-3-5-6(9)4(8)1-2-10-5/h1-5H,6H2,(H,14,15)(H,11,12,13);4-9H,1-3H2. The maximum atomic E-state index is 10.6. The van der Waals surface area contributed by atoms with Crippen LogP contribution in [0.5, 0.6) is 5.75 Å². The molecule has 1 saturated heterocycles. The minimum absolute atomic E-state index is 0.230. The summed E-state index contributed by atoms with van der Waals surface area (Å²) >= 11 is 0. The van der Waals surface area contributed by atoms with Gasteiger partial charge in [-0.3, -0.25) is 0 Å². The van der Waals surface area contributed by atoms with E-state index in [9.17, 15) is 4.79 Å². The molecule has 2 heterocycles. The molecular formula is C16H21N3O7. The van der Waals surface area contributed by atoms with Gasteiger partial charge in [0.2, 0.25) is 0 Å². The molecule has 5 N–H and O–H groups in total. The lowest BCUT2D eigenvalue weighted by Crippen LogP contribution is -2.46. The van der Waals surface area contributed by atoms with E-state index in [2.05, 4.69) is 15.4 Å². The quantitative estimate of drug-likeness (QED) is 0.473. The van der Waals surface area contributed by atoms with E-state index in [0.717, 1.165) is 0 Å². The minimum atomic E-state index is -0.956. The fourth-order valence-electron chi connectivity index (χ4n) is 2.16. The molecule has 1 aliphatic heterocycles. The number of carboxylic acid groups (broad SMARTS) is 1.